The Bertz CT molecular complexity index is 263. The molecule has 1 aromatic rings. The lowest BCUT2D eigenvalue weighted by Gasteiger charge is -2.28. The molecule has 1 saturated heterocycles. The van der Waals surface area contributed by atoms with Crippen molar-refractivity contribution in [3.8, 4) is 0 Å². The SMILES string of the molecule is CCc1cccc(C2CCN2)c1. The molecule has 1 aromatic carbocycles. The molecule has 1 N–H and O–H groups in total. The molecule has 0 saturated carbocycles. The third kappa shape index (κ3) is 1.37. The predicted octanol–water partition coefficient (Wildman–Crippen LogP) is 2.28. The number of rotatable bonds is 2. The van der Waals surface area contributed by atoms with E-state index in [1.54, 1.807) is 0 Å². The summed E-state index contributed by atoms with van der Waals surface area (Å²) in [5.74, 6) is 0. The van der Waals surface area contributed by atoms with Gasteiger partial charge in [0.2, 0.25) is 0 Å². The average molecular weight is 161 g/mol. The van der Waals surface area contributed by atoms with E-state index in [1.807, 2.05) is 0 Å². The Morgan fingerprint density at radius 2 is 2.33 bits per heavy atom. The van der Waals surface area contributed by atoms with Crippen LogP contribution >= 0.6 is 0 Å². The maximum atomic E-state index is 3.41. The topological polar surface area (TPSA) is 12.0 Å². The van der Waals surface area contributed by atoms with Crippen LogP contribution in [0.4, 0.5) is 0 Å². The molecule has 1 heteroatoms. The average Bonchev–Trinajstić information content (AvgIpc) is 2.02. The predicted molar refractivity (Wildman–Crippen MR) is 51.2 cm³/mol. The molecule has 2 rings (SSSR count). The molecular weight excluding hydrogens is 146 g/mol. The summed E-state index contributed by atoms with van der Waals surface area (Å²) in [6.45, 7) is 3.38. The summed E-state index contributed by atoms with van der Waals surface area (Å²) < 4.78 is 0. The zero-order chi connectivity index (χ0) is 8.39. The van der Waals surface area contributed by atoms with Gasteiger partial charge >= 0.3 is 0 Å². The van der Waals surface area contributed by atoms with Gasteiger partial charge in [-0.3, -0.25) is 0 Å². The second-order valence-corrected chi connectivity index (χ2v) is 3.39. The molecule has 1 aliphatic heterocycles. The summed E-state index contributed by atoms with van der Waals surface area (Å²) >= 11 is 0. The molecule has 1 unspecified atom stereocenters. The fourth-order valence-electron chi connectivity index (χ4n) is 1.60. The molecule has 0 spiro atoms. The highest BCUT2D eigenvalue weighted by molar-refractivity contribution is 5.27. The van der Waals surface area contributed by atoms with Crippen LogP contribution in [-0.4, -0.2) is 6.54 Å². The van der Waals surface area contributed by atoms with E-state index >= 15 is 0 Å². The van der Waals surface area contributed by atoms with E-state index in [9.17, 15) is 0 Å². The van der Waals surface area contributed by atoms with Gasteiger partial charge in [-0.05, 0) is 30.5 Å². The Hall–Kier alpha value is -0.820. The fourth-order valence-corrected chi connectivity index (χ4v) is 1.60. The summed E-state index contributed by atoms with van der Waals surface area (Å²) in [5.41, 5.74) is 2.90. The van der Waals surface area contributed by atoms with E-state index in [2.05, 4.69) is 36.5 Å². The van der Waals surface area contributed by atoms with Gasteiger partial charge in [0.1, 0.15) is 0 Å². The van der Waals surface area contributed by atoms with Crippen LogP contribution in [-0.2, 0) is 6.42 Å². The van der Waals surface area contributed by atoms with Gasteiger partial charge in [-0.25, -0.2) is 0 Å². The normalized spacial score (nSPS) is 21.9. The van der Waals surface area contributed by atoms with Crippen LogP contribution in [0.5, 0.6) is 0 Å². The van der Waals surface area contributed by atoms with Gasteiger partial charge in [0.05, 0.1) is 0 Å². The van der Waals surface area contributed by atoms with E-state index in [4.69, 9.17) is 0 Å². The summed E-state index contributed by atoms with van der Waals surface area (Å²) in [4.78, 5) is 0. The fraction of sp³-hybridized carbons (Fsp3) is 0.455. The van der Waals surface area contributed by atoms with Crippen molar-refractivity contribution in [2.45, 2.75) is 25.8 Å². The molecule has 1 atom stereocenters. The van der Waals surface area contributed by atoms with Gasteiger partial charge in [0.25, 0.3) is 0 Å². The van der Waals surface area contributed by atoms with Crippen LogP contribution in [0.1, 0.15) is 30.5 Å². The van der Waals surface area contributed by atoms with Crippen LogP contribution in [0, 0.1) is 0 Å². The summed E-state index contributed by atoms with van der Waals surface area (Å²) in [6.07, 6.45) is 2.44. The number of benzene rings is 1. The van der Waals surface area contributed by atoms with E-state index < -0.39 is 0 Å². The van der Waals surface area contributed by atoms with Crippen molar-refractivity contribution < 1.29 is 0 Å². The number of hydrogen-bond acceptors (Lipinski definition) is 1. The van der Waals surface area contributed by atoms with Crippen LogP contribution in [0.15, 0.2) is 24.3 Å². The molecule has 0 radical (unpaired) electrons. The van der Waals surface area contributed by atoms with Crippen LogP contribution in [0.2, 0.25) is 0 Å². The number of aryl methyl sites for hydroxylation is 1. The molecule has 1 aliphatic rings. The van der Waals surface area contributed by atoms with Crippen molar-refractivity contribution in [1.82, 2.24) is 5.32 Å². The molecule has 64 valence electrons. The lowest BCUT2D eigenvalue weighted by molar-refractivity contribution is 0.383. The van der Waals surface area contributed by atoms with E-state index in [0.717, 1.165) is 6.42 Å². The van der Waals surface area contributed by atoms with Crippen molar-refractivity contribution in [2.75, 3.05) is 6.54 Å². The van der Waals surface area contributed by atoms with Crippen molar-refractivity contribution in [3.05, 3.63) is 35.4 Å². The first-order chi connectivity index (χ1) is 5.90. The molecule has 1 heterocycles. The standard InChI is InChI=1S/C11H15N/c1-2-9-4-3-5-10(8-9)11-6-7-12-11/h3-5,8,11-12H,2,6-7H2,1H3. The van der Waals surface area contributed by atoms with Crippen LogP contribution in [0.3, 0.4) is 0 Å². The molecule has 0 amide bonds. The highest BCUT2D eigenvalue weighted by Gasteiger charge is 2.17. The van der Waals surface area contributed by atoms with Crippen molar-refractivity contribution in [2.24, 2.45) is 0 Å². The Morgan fingerprint density at radius 1 is 1.50 bits per heavy atom. The summed E-state index contributed by atoms with van der Waals surface area (Å²) in [6, 6.07) is 9.53. The first kappa shape index (κ1) is 7.81. The second kappa shape index (κ2) is 3.28. The van der Waals surface area contributed by atoms with E-state index in [-0.39, 0.29) is 0 Å². The summed E-state index contributed by atoms with van der Waals surface area (Å²) in [5, 5.41) is 3.41. The minimum absolute atomic E-state index is 0.636. The Labute approximate surface area is 73.8 Å². The monoisotopic (exact) mass is 161 g/mol. The van der Waals surface area contributed by atoms with Crippen LogP contribution < -0.4 is 5.32 Å². The molecule has 1 nitrogen and oxygen atoms in total. The van der Waals surface area contributed by atoms with Crippen LogP contribution in [0.25, 0.3) is 0 Å². The molecule has 0 aliphatic carbocycles. The van der Waals surface area contributed by atoms with Gasteiger partial charge in [-0.2, -0.15) is 0 Å². The minimum Gasteiger partial charge on any atom is -0.310 e. The van der Waals surface area contributed by atoms with Gasteiger partial charge in [-0.1, -0.05) is 31.2 Å². The zero-order valence-electron chi connectivity index (χ0n) is 7.51. The Kier molecular flexibility index (Phi) is 2.13. The maximum Gasteiger partial charge on any atom is 0.0332 e. The lowest BCUT2D eigenvalue weighted by Crippen LogP contribution is -2.34. The first-order valence-corrected chi connectivity index (χ1v) is 4.72. The number of nitrogens with one attached hydrogen (secondary N) is 1. The van der Waals surface area contributed by atoms with E-state index in [1.165, 1.54) is 24.1 Å². The summed E-state index contributed by atoms with van der Waals surface area (Å²) in [7, 11) is 0. The zero-order valence-corrected chi connectivity index (χ0v) is 7.51. The third-order valence-electron chi connectivity index (χ3n) is 2.59. The molecule has 12 heavy (non-hydrogen) atoms. The first-order valence-electron chi connectivity index (χ1n) is 4.72. The largest absolute Gasteiger partial charge is 0.310 e. The lowest BCUT2D eigenvalue weighted by atomic mass is 9.96. The highest BCUT2D eigenvalue weighted by Crippen LogP contribution is 2.23. The highest BCUT2D eigenvalue weighted by atomic mass is 15.0. The Balaban J connectivity index is 2.19. The van der Waals surface area contributed by atoms with Gasteiger partial charge in [-0.15, -0.1) is 0 Å². The van der Waals surface area contributed by atoms with Gasteiger partial charge < -0.3 is 5.32 Å². The van der Waals surface area contributed by atoms with Crippen molar-refractivity contribution in [1.29, 1.82) is 0 Å². The smallest absolute Gasteiger partial charge is 0.0332 e. The van der Waals surface area contributed by atoms with E-state index in [0.29, 0.717) is 6.04 Å². The van der Waals surface area contributed by atoms with Crippen molar-refractivity contribution >= 4 is 0 Å². The van der Waals surface area contributed by atoms with Crippen molar-refractivity contribution in [3.63, 3.8) is 0 Å². The minimum atomic E-state index is 0.636. The second-order valence-electron chi connectivity index (χ2n) is 3.39. The Morgan fingerprint density at radius 3 is 2.92 bits per heavy atom. The van der Waals surface area contributed by atoms with Gasteiger partial charge in [0.15, 0.2) is 0 Å². The molecule has 0 aromatic heterocycles. The molecular formula is C11H15N. The molecule has 1 fully saturated rings. The third-order valence-corrected chi connectivity index (χ3v) is 2.59. The molecule has 0 bridgehead atoms. The maximum absolute atomic E-state index is 3.41. The number of hydrogen-bond donors (Lipinski definition) is 1. The quantitative estimate of drug-likeness (QED) is 0.701. The van der Waals surface area contributed by atoms with Gasteiger partial charge in [0, 0.05) is 6.04 Å².